The molecule has 1 saturated heterocycles. The van der Waals surface area contributed by atoms with E-state index in [4.69, 9.17) is 9.47 Å². The lowest BCUT2D eigenvalue weighted by molar-refractivity contribution is 0.0342. The number of nitrogens with zero attached hydrogens (tertiary/aromatic N) is 6. The molecular formula is C24H22N6O2S. The third-order valence-electron chi connectivity index (χ3n) is 5.41. The molecule has 4 aromatic rings. The van der Waals surface area contributed by atoms with E-state index in [0.29, 0.717) is 17.3 Å². The lowest BCUT2D eigenvalue weighted by Gasteiger charge is -2.26. The van der Waals surface area contributed by atoms with E-state index in [1.165, 1.54) is 16.9 Å². The highest BCUT2D eigenvalue weighted by Crippen LogP contribution is 2.30. The molecule has 0 radical (unpaired) electrons. The van der Waals surface area contributed by atoms with Gasteiger partial charge in [0.05, 0.1) is 25.0 Å². The van der Waals surface area contributed by atoms with Gasteiger partial charge >= 0.3 is 6.01 Å². The Kier molecular flexibility index (Phi) is 6.48. The summed E-state index contributed by atoms with van der Waals surface area (Å²) in [5, 5.41) is 10.4. The molecule has 0 amide bonds. The van der Waals surface area contributed by atoms with Crippen LogP contribution in [0.25, 0.3) is 10.3 Å². The highest BCUT2D eigenvalue weighted by atomic mass is 32.1. The van der Waals surface area contributed by atoms with Gasteiger partial charge in [0.15, 0.2) is 0 Å². The molecule has 0 bridgehead atoms. The summed E-state index contributed by atoms with van der Waals surface area (Å²) in [5.74, 6) is -0.603. The van der Waals surface area contributed by atoms with Crippen LogP contribution in [0.4, 0.5) is 0 Å². The van der Waals surface area contributed by atoms with Crippen LogP contribution < -0.4 is 4.74 Å². The summed E-state index contributed by atoms with van der Waals surface area (Å²) >= 11 is 1.40. The summed E-state index contributed by atoms with van der Waals surface area (Å²) < 4.78 is 11.2. The molecular weight excluding hydrogens is 436 g/mol. The topological polar surface area (TPSA) is 97.0 Å². The predicted octanol–water partition coefficient (Wildman–Crippen LogP) is 3.55. The number of morpholine rings is 1. The molecule has 0 saturated carbocycles. The van der Waals surface area contributed by atoms with Crippen molar-refractivity contribution in [2.24, 2.45) is 0 Å². The fourth-order valence-electron chi connectivity index (χ4n) is 3.65. The lowest BCUT2D eigenvalue weighted by atomic mass is 10.1. The number of rotatable bonds is 7. The van der Waals surface area contributed by atoms with Crippen molar-refractivity contribution in [3.63, 3.8) is 0 Å². The standard InChI is InChI=1S/C24H22N6O2S/c25-14-19(22-28-21-2-1-8-26-23(21)33-22)20-7-9-27-24(29-20)32-16-18-5-3-17(4-6-18)15-30-10-12-31-13-11-30/h1-9,19H,10-13,15-16H2. The van der Waals surface area contributed by atoms with E-state index >= 15 is 0 Å². The summed E-state index contributed by atoms with van der Waals surface area (Å²) in [6, 6.07) is 16.3. The minimum absolute atomic E-state index is 0.240. The molecule has 1 unspecified atom stereocenters. The number of nitriles is 1. The van der Waals surface area contributed by atoms with Crippen molar-refractivity contribution in [2.75, 3.05) is 26.3 Å². The van der Waals surface area contributed by atoms with Crippen LogP contribution in [0.5, 0.6) is 6.01 Å². The quantitative estimate of drug-likeness (QED) is 0.415. The molecule has 1 aromatic carbocycles. The first kappa shape index (κ1) is 21.4. The van der Waals surface area contributed by atoms with Crippen LogP contribution in [-0.4, -0.2) is 51.1 Å². The molecule has 1 atom stereocenters. The Bertz CT molecular complexity index is 1230. The average molecular weight is 459 g/mol. The van der Waals surface area contributed by atoms with Crippen molar-refractivity contribution in [3.05, 3.63) is 76.7 Å². The van der Waals surface area contributed by atoms with Gasteiger partial charge in [-0.2, -0.15) is 10.2 Å². The Labute approximate surface area is 195 Å². The van der Waals surface area contributed by atoms with Gasteiger partial charge in [0.2, 0.25) is 0 Å². The third-order valence-corrected chi connectivity index (χ3v) is 6.45. The van der Waals surface area contributed by atoms with Crippen LogP contribution in [0.15, 0.2) is 54.9 Å². The van der Waals surface area contributed by atoms with Crippen LogP contribution in [-0.2, 0) is 17.9 Å². The monoisotopic (exact) mass is 458 g/mol. The minimum atomic E-state index is -0.603. The van der Waals surface area contributed by atoms with Crippen LogP contribution in [0.1, 0.15) is 27.7 Å². The summed E-state index contributed by atoms with van der Waals surface area (Å²) in [5.41, 5.74) is 3.63. The van der Waals surface area contributed by atoms with Crippen molar-refractivity contribution in [2.45, 2.75) is 19.1 Å². The van der Waals surface area contributed by atoms with Crippen LogP contribution >= 0.6 is 11.3 Å². The zero-order valence-corrected chi connectivity index (χ0v) is 18.7. The third kappa shape index (κ3) is 5.14. The molecule has 5 rings (SSSR count). The Hall–Kier alpha value is -3.45. The van der Waals surface area contributed by atoms with Crippen LogP contribution in [0.3, 0.4) is 0 Å². The zero-order valence-electron chi connectivity index (χ0n) is 17.9. The van der Waals surface area contributed by atoms with Crippen molar-refractivity contribution >= 4 is 21.7 Å². The minimum Gasteiger partial charge on any atom is -0.459 e. The Balaban J connectivity index is 1.24. The molecule has 0 N–H and O–H groups in total. The second-order valence-corrected chi connectivity index (χ2v) is 8.71. The first-order valence-corrected chi connectivity index (χ1v) is 11.5. The number of ether oxygens (including phenoxy) is 2. The fourth-order valence-corrected chi connectivity index (χ4v) is 4.61. The van der Waals surface area contributed by atoms with Gasteiger partial charge in [-0.15, -0.1) is 0 Å². The Morgan fingerprint density at radius 1 is 1.03 bits per heavy atom. The summed E-state index contributed by atoms with van der Waals surface area (Å²) in [6.45, 7) is 4.81. The summed E-state index contributed by atoms with van der Waals surface area (Å²) in [6.07, 6.45) is 3.33. The fraction of sp³-hybridized carbons (Fsp3) is 0.292. The van der Waals surface area contributed by atoms with Gasteiger partial charge in [-0.25, -0.2) is 15.0 Å². The second kappa shape index (κ2) is 10.0. The Morgan fingerprint density at radius 2 is 1.85 bits per heavy atom. The van der Waals surface area contributed by atoms with E-state index < -0.39 is 5.92 Å². The normalized spacial score (nSPS) is 15.2. The zero-order chi connectivity index (χ0) is 22.5. The lowest BCUT2D eigenvalue weighted by Crippen LogP contribution is -2.35. The number of hydrogen-bond acceptors (Lipinski definition) is 9. The number of thiazole rings is 1. The molecule has 166 valence electrons. The van der Waals surface area contributed by atoms with E-state index in [2.05, 4.69) is 55.2 Å². The van der Waals surface area contributed by atoms with Gasteiger partial charge in [-0.3, -0.25) is 4.90 Å². The van der Waals surface area contributed by atoms with E-state index in [9.17, 15) is 5.26 Å². The van der Waals surface area contributed by atoms with Crippen LogP contribution in [0, 0.1) is 11.3 Å². The molecule has 1 aliphatic rings. The number of aromatic nitrogens is 4. The molecule has 1 aliphatic heterocycles. The second-order valence-electron chi connectivity index (χ2n) is 7.70. The van der Waals surface area contributed by atoms with E-state index in [-0.39, 0.29) is 6.01 Å². The molecule has 3 aromatic heterocycles. The van der Waals surface area contributed by atoms with Crippen molar-refractivity contribution in [3.8, 4) is 12.1 Å². The van der Waals surface area contributed by atoms with E-state index in [0.717, 1.165) is 48.8 Å². The molecule has 4 heterocycles. The maximum atomic E-state index is 9.79. The molecule has 0 aliphatic carbocycles. The maximum Gasteiger partial charge on any atom is 0.316 e. The highest BCUT2D eigenvalue weighted by Gasteiger charge is 2.21. The number of fused-ring (bicyclic) bond motifs is 1. The predicted molar refractivity (Wildman–Crippen MR) is 124 cm³/mol. The van der Waals surface area contributed by atoms with Crippen LogP contribution in [0.2, 0.25) is 0 Å². The SMILES string of the molecule is N#CC(c1ccnc(OCc2ccc(CN3CCOCC3)cc2)n1)c1nc2cccnc2s1. The molecule has 8 nitrogen and oxygen atoms in total. The van der Waals surface area contributed by atoms with Gasteiger partial charge in [0, 0.05) is 32.0 Å². The summed E-state index contributed by atoms with van der Waals surface area (Å²) in [4.78, 5) is 20.7. The van der Waals surface area contributed by atoms with Crippen molar-refractivity contribution < 1.29 is 9.47 Å². The van der Waals surface area contributed by atoms with E-state index in [1.807, 2.05) is 12.1 Å². The first-order valence-electron chi connectivity index (χ1n) is 10.7. The smallest absolute Gasteiger partial charge is 0.316 e. The van der Waals surface area contributed by atoms with E-state index in [1.54, 1.807) is 18.5 Å². The molecule has 0 spiro atoms. The van der Waals surface area contributed by atoms with Crippen molar-refractivity contribution in [1.82, 2.24) is 24.8 Å². The largest absolute Gasteiger partial charge is 0.459 e. The van der Waals surface area contributed by atoms with Crippen molar-refractivity contribution in [1.29, 1.82) is 5.26 Å². The maximum absolute atomic E-state index is 9.79. The number of hydrogen-bond donors (Lipinski definition) is 0. The summed E-state index contributed by atoms with van der Waals surface area (Å²) in [7, 11) is 0. The molecule has 9 heteroatoms. The average Bonchev–Trinajstić information content (AvgIpc) is 3.29. The van der Waals surface area contributed by atoms with Gasteiger partial charge < -0.3 is 9.47 Å². The van der Waals surface area contributed by atoms with Gasteiger partial charge in [-0.05, 0) is 29.3 Å². The number of pyridine rings is 1. The molecule has 33 heavy (non-hydrogen) atoms. The first-order chi connectivity index (χ1) is 16.3. The number of benzene rings is 1. The molecule has 1 fully saturated rings. The van der Waals surface area contributed by atoms with Gasteiger partial charge in [-0.1, -0.05) is 35.6 Å². The Morgan fingerprint density at radius 3 is 2.64 bits per heavy atom. The highest BCUT2D eigenvalue weighted by molar-refractivity contribution is 7.18. The van der Waals surface area contributed by atoms with Gasteiger partial charge in [0.25, 0.3) is 0 Å². The van der Waals surface area contributed by atoms with Gasteiger partial charge in [0.1, 0.15) is 27.9 Å².